The van der Waals surface area contributed by atoms with Gasteiger partial charge in [0.1, 0.15) is 5.75 Å². The van der Waals surface area contributed by atoms with Gasteiger partial charge in [-0.3, -0.25) is 4.90 Å². The molecule has 0 N–H and O–H groups in total. The van der Waals surface area contributed by atoms with Crippen LogP contribution in [0, 0.1) is 0 Å². The summed E-state index contributed by atoms with van der Waals surface area (Å²) in [7, 11) is 0. The van der Waals surface area contributed by atoms with Crippen LogP contribution in [0.3, 0.4) is 0 Å². The SMILES string of the molecule is CCCOc1ccc(-c2nc3ccc4ccccc4c3c3c2CN(Cc2ccccc2)CC3)cc1. The zero-order valence-corrected chi connectivity index (χ0v) is 20.2. The van der Waals surface area contributed by atoms with Gasteiger partial charge in [0, 0.05) is 30.6 Å². The van der Waals surface area contributed by atoms with E-state index in [1.165, 1.54) is 32.8 Å². The molecule has 0 aliphatic carbocycles. The van der Waals surface area contributed by atoms with Crippen LogP contribution in [0.5, 0.6) is 5.75 Å². The molecule has 174 valence electrons. The van der Waals surface area contributed by atoms with Crippen molar-refractivity contribution in [1.82, 2.24) is 9.88 Å². The first-order valence-corrected chi connectivity index (χ1v) is 12.6. The molecule has 4 aromatic carbocycles. The highest BCUT2D eigenvalue weighted by atomic mass is 16.5. The van der Waals surface area contributed by atoms with Gasteiger partial charge in [-0.05, 0) is 70.6 Å². The summed E-state index contributed by atoms with van der Waals surface area (Å²) in [5.74, 6) is 0.918. The smallest absolute Gasteiger partial charge is 0.119 e. The fraction of sp³-hybridized carbons (Fsp3) is 0.219. The number of ether oxygens (including phenoxy) is 1. The maximum absolute atomic E-state index is 5.83. The molecule has 1 aromatic heterocycles. The van der Waals surface area contributed by atoms with E-state index in [4.69, 9.17) is 9.72 Å². The van der Waals surface area contributed by atoms with Gasteiger partial charge in [0.25, 0.3) is 0 Å². The standard InChI is InChI=1S/C32H30N2O/c1-2-20-35-26-15-12-25(13-16-26)32-29-22-34(21-23-8-4-3-5-9-23)19-18-28(29)31-27-11-7-6-10-24(27)14-17-30(31)33-32/h3-17H,2,18-22H2,1H3. The molecule has 35 heavy (non-hydrogen) atoms. The lowest BCUT2D eigenvalue weighted by Gasteiger charge is -2.31. The topological polar surface area (TPSA) is 25.4 Å². The van der Waals surface area contributed by atoms with Gasteiger partial charge in [-0.2, -0.15) is 0 Å². The number of nitrogens with zero attached hydrogens (tertiary/aromatic N) is 2. The van der Waals surface area contributed by atoms with Gasteiger partial charge in [-0.25, -0.2) is 4.98 Å². The minimum absolute atomic E-state index is 0.741. The predicted octanol–water partition coefficient (Wildman–Crippen LogP) is 7.40. The monoisotopic (exact) mass is 458 g/mol. The van der Waals surface area contributed by atoms with Crippen molar-refractivity contribution in [3.63, 3.8) is 0 Å². The average molecular weight is 459 g/mol. The molecule has 0 saturated carbocycles. The quantitative estimate of drug-likeness (QED) is 0.248. The highest BCUT2D eigenvalue weighted by molar-refractivity contribution is 6.09. The summed E-state index contributed by atoms with van der Waals surface area (Å²) >= 11 is 0. The molecule has 1 aliphatic heterocycles. The second kappa shape index (κ2) is 9.52. The first-order chi connectivity index (χ1) is 17.3. The Bertz CT molecular complexity index is 1480. The number of fused-ring (bicyclic) bond motifs is 5. The summed E-state index contributed by atoms with van der Waals surface area (Å²) in [5.41, 5.74) is 7.51. The third-order valence-electron chi connectivity index (χ3n) is 7.00. The summed E-state index contributed by atoms with van der Waals surface area (Å²) in [4.78, 5) is 7.83. The zero-order valence-electron chi connectivity index (χ0n) is 20.2. The molecule has 3 heteroatoms. The van der Waals surface area contributed by atoms with Gasteiger partial charge in [0.2, 0.25) is 0 Å². The molecule has 6 rings (SSSR count). The van der Waals surface area contributed by atoms with Gasteiger partial charge >= 0.3 is 0 Å². The largest absolute Gasteiger partial charge is 0.494 e. The lowest BCUT2D eigenvalue weighted by atomic mass is 9.89. The summed E-state index contributed by atoms with van der Waals surface area (Å²) < 4.78 is 5.83. The van der Waals surface area contributed by atoms with Crippen molar-refractivity contribution in [2.75, 3.05) is 13.2 Å². The summed E-state index contributed by atoms with van der Waals surface area (Å²) in [5, 5.41) is 3.91. The predicted molar refractivity (Wildman–Crippen MR) is 145 cm³/mol. The number of pyridine rings is 1. The molecule has 0 unspecified atom stereocenters. The van der Waals surface area contributed by atoms with Crippen molar-refractivity contribution < 1.29 is 4.74 Å². The number of hydrogen-bond donors (Lipinski definition) is 0. The van der Waals surface area contributed by atoms with Crippen LogP contribution in [0.2, 0.25) is 0 Å². The van der Waals surface area contributed by atoms with E-state index >= 15 is 0 Å². The van der Waals surface area contributed by atoms with Crippen LogP contribution in [0.25, 0.3) is 32.9 Å². The van der Waals surface area contributed by atoms with E-state index in [0.717, 1.165) is 61.6 Å². The molecule has 5 aromatic rings. The number of hydrogen-bond acceptors (Lipinski definition) is 3. The molecule has 0 spiro atoms. The summed E-state index contributed by atoms with van der Waals surface area (Å²) in [6.07, 6.45) is 2.03. The van der Waals surface area contributed by atoms with E-state index in [1.54, 1.807) is 0 Å². The van der Waals surface area contributed by atoms with Crippen molar-refractivity contribution in [2.24, 2.45) is 0 Å². The third kappa shape index (κ3) is 4.28. The molecule has 0 fully saturated rings. The van der Waals surface area contributed by atoms with Crippen molar-refractivity contribution in [2.45, 2.75) is 32.9 Å². The fourth-order valence-electron chi connectivity index (χ4n) is 5.32. The van der Waals surface area contributed by atoms with Gasteiger partial charge in [-0.1, -0.05) is 67.6 Å². The van der Waals surface area contributed by atoms with Gasteiger partial charge in [-0.15, -0.1) is 0 Å². The minimum Gasteiger partial charge on any atom is -0.494 e. The van der Waals surface area contributed by atoms with Crippen LogP contribution in [0.1, 0.15) is 30.0 Å². The Labute approximate surface area is 207 Å². The molecule has 0 bridgehead atoms. The number of benzene rings is 4. The second-order valence-corrected chi connectivity index (χ2v) is 9.42. The van der Waals surface area contributed by atoms with E-state index in [-0.39, 0.29) is 0 Å². The Balaban J connectivity index is 1.48. The van der Waals surface area contributed by atoms with E-state index < -0.39 is 0 Å². The first kappa shape index (κ1) is 21.8. The molecule has 0 radical (unpaired) electrons. The molecule has 0 atom stereocenters. The van der Waals surface area contributed by atoms with Crippen molar-refractivity contribution in [3.8, 4) is 17.0 Å². The van der Waals surface area contributed by atoms with Crippen LogP contribution in [0.15, 0.2) is 91.0 Å². The molecule has 0 amide bonds. The molecular weight excluding hydrogens is 428 g/mol. The number of aromatic nitrogens is 1. The Hall–Kier alpha value is -3.69. The van der Waals surface area contributed by atoms with E-state index in [0.29, 0.717) is 0 Å². The van der Waals surface area contributed by atoms with Crippen LogP contribution >= 0.6 is 0 Å². The molecule has 1 aliphatic rings. The minimum atomic E-state index is 0.741. The van der Waals surface area contributed by atoms with Crippen LogP contribution in [-0.4, -0.2) is 23.0 Å². The first-order valence-electron chi connectivity index (χ1n) is 12.6. The molecule has 0 saturated heterocycles. The van der Waals surface area contributed by atoms with E-state index in [9.17, 15) is 0 Å². The molecule has 2 heterocycles. The Morgan fingerprint density at radius 1 is 0.829 bits per heavy atom. The highest BCUT2D eigenvalue weighted by Gasteiger charge is 2.24. The summed E-state index contributed by atoms with van der Waals surface area (Å²) in [6.45, 7) is 5.78. The van der Waals surface area contributed by atoms with Crippen molar-refractivity contribution in [1.29, 1.82) is 0 Å². The van der Waals surface area contributed by atoms with Gasteiger partial charge in [0.05, 0.1) is 17.8 Å². The lowest BCUT2D eigenvalue weighted by Crippen LogP contribution is -2.31. The highest BCUT2D eigenvalue weighted by Crippen LogP contribution is 2.38. The Morgan fingerprint density at radius 3 is 2.46 bits per heavy atom. The van der Waals surface area contributed by atoms with E-state index in [2.05, 4.69) is 103 Å². The van der Waals surface area contributed by atoms with Crippen molar-refractivity contribution >= 4 is 21.7 Å². The van der Waals surface area contributed by atoms with E-state index in [1.807, 2.05) is 0 Å². The fourth-order valence-corrected chi connectivity index (χ4v) is 5.32. The maximum atomic E-state index is 5.83. The molecular formula is C32H30N2O. The van der Waals surface area contributed by atoms with Crippen LogP contribution in [0.4, 0.5) is 0 Å². The van der Waals surface area contributed by atoms with Gasteiger partial charge < -0.3 is 4.74 Å². The molecule has 3 nitrogen and oxygen atoms in total. The number of rotatable bonds is 6. The Morgan fingerprint density at radius 2 is 1.63 bits per heavy atom. The third-order valence-corrected chi connectivity index (χ3v) is 7.00. The van der Waals surface area contributed by atoms with Crippen LogP contribution < -0.4 is 4.74 Å². The second-order valence-electron chi connectivity index (χ2n) is 9.42. The average Bonchev–Trinajstić information content (AvgIpc) is 2.92. The van der Waals surface area contributed by atoms with Gasteiger partial charge in [0.15, 0.2) is 0 Å². The summed E-state index contributed by atoms with van der Waals surface area (Å²) in [6, 6.07) is 32.4. The maximum Gasteiger partial charge on any atom is 0.119 e. The van der Waals surface area contributed by atoms with Crippen LogP contribution in [-0.2, 0) is 19.5 Å². The lowest BCUT2D eigenvalue weighted by molar-refractivity contribution is 0.246. The normalized spacial score (nSPS) is 13.7. The zero-order chi connectivity index (χ0) is 23.6. The Kier molecular flexibility index (Phi) is 5.93. The van der Waals surface area contributed by atoms with Crippen molar-refractivity contribution in [3.05, 3.63) is 108 Å².